The van der Waals surface area contributed by atoms with Gasteiger partial charge >= 0.3 is 0 Å². The molecule has 0 radical (unpaired) electrons. The second-order valence-electron chi connectivity index (χ2n) is 5.76. The summed E-state index contributed by atoms with van der Waals surface area (Å²) < 4.78 is 0. The topological polar surface area (TPSA) is 54.5 Å². The predicted molar refractivity (Wildman–Crippen MR) is 84.8 cm³/mol. The Labute approximate surface area is 131 Å². The molecule has 0 unspecified atom stereocenters. The molecule has 1 aliphatic rings. The first-order chi connectivity index (χ1) is 10.6. The highest BCUT2D eigenvalue weighted by molar-refractivity contribution is 6.21. The number of unbranched alkanes of at least 4 members (excludes halogenated alkanes) is 4. The summed E-state index contributed by atoms with van der Waals surface area (Å²) in [7, 11) is 0. The van der Waals surface area contributed by atoms with E-state index >= 15 is 0 Å². The van der Waals surface area contributed by atoms with Gasteiger partial charge in [-0.1, -0.05) is 44.7 Å². The summed E-state index contributed by atoms with van der Waals surface area (Å²) in [6.45, 7) is 2.35. The van der Waals surface area contributed by atoms with Crippen molar-refractivity contribution in [3.63, 3.8) is 0 Å². The summed E-state index contributed by atoms with van der Waals surface area (Å²) in [6.07, 6.45) is 6.36. The summed E-state index contributed by atoms with van der Waals surface area (Å²) in [4.78, 5) is 37.4. The van der Waals surface area contributed by atoms with Crippen LogP contribution in [-0.4, -0.2) is 29.0 Å². The molecule has 0 aromatic heterocycles. The molecule has 1 aromatic rings. The van der Waals surface area contributed by atoms with Crippen molar-refractivity contribution < 1.29 is 14.4 Å². The average molecular weight is 301 g/mol. The Kier molecular flexibility index (Phi) is 5.87. The Morgan fingerprint density at radius 1 is 0.909 bits per heavy atom. The van der Waals surface area contributed by atoms with Crippen LogP contribution < -0.4 is 0 Å². The molecule has 0 aliphatic carbocycles. The number of rotatable bonds is 9. The third-order valence-electron chi connectivity index (χ3n) is 4.05. The van der Waals surface area contributed by atoms with Crippen LogP contribution in [0.1, 0.15) is 72.6 Å². The van der Waals surface area contributed by atoms with Crippen LogP contribution >= 0.6 is 0 Å². The van der Waals surface area contributed by atoms with Gasteiger partial charge in [0.25, 0.3) is 11.8 Å². The van der Waals surface area contributed by atoms with Gasteiger partial charge in [-0.15, -0.1) is 0 Å². The van der Waals surface area contributed by atoms with Crippen LogP contribution in [0, 0.1) is 0 Å². The van der Waals surface area contributed by atoms with E-state index in [0.717, 1.165) is 12.8 Å². The van der Waals surface area contributed by atoms with Gasteiger partial charge in [-0.05, 0) is 18.6 Å². The largest absolute Gasteiger partial charge is 0.300 e. The highest BCUT2D eigenvalue weighted by Crippen LogP contribution is 2.22. The Morgan fingerprint density at radius 2 is 1.50 bits per heavy atom. The fourth-order valence-electron chi connectivity index (χ4n) is 2.73. The van der Waals surface area contributed by atoms with Gasteiger partial charge < -0.3 is 0 Å². The molecule has 4 nitrogen and oxygen atoms in total. The monoisotopic (exact) mass is 301 g/mol. The first-order valence-electron chi connectivity index (χ1n) is 8.12. The van der Waals surface area contributed by atoms with E-state index in [1.807, 2.05) is 0 Å². The van der Waals surface area contributed by atoms with E-state index in [1.165, 1.54) is 24.2 Å². The maximum absolute atomic E-state index is 12.1. The molecule has 22 heavy (non-hydrogen) atoms. The predicted octanol–water partition coefficient (Wildman–Crippen LogP) is 3.60. The van der Waals surface area contributed by atoms with Crippen molar-refractivity contribution in [3.8, 4) is 0 Å². The van der Waals surface area contributed by atoms with Crippen molar-refractivity contribution in [1.29, 1.82) is 0 Å². The van der Waals surface area contributed by atoms with Crippen LogP contribution in [0.2, 0.25) is 0 Å². The van der Waals surface area contributed by atoms with Crippen molar-refractivity contribution in [1.82, 2.24) is 4.90 Å². The number of hydrogen-bond acceptors (Lipinski definition) is 3. The number of amides is 2. The Balaban J connectivity index is 1.77. The molecule has 0 saturated carbocycles. The molecule has 0 spiro atoms. The van der Waals surface area contributed by atoms with Crippen LogP contribution in [0.15, 0.2) is 24.3 Å². The summed E-state index contributed by atoms with van der Waals surface area (Å²) >= 11 is 0. The highest BCUT2D eigenvalue weighted by Gasteiger charge is 2.34. The van der Waals surface area contributed by atoms with Gasteiger partial charge in [0.1, 0.15) is 5.78 Å². The normalized spacial score (nSPS) is 13.6. The first-order valence-corrected chi connectivity index (χ1v) is 8.12. The average Bonchev–Trinajstić information content (AvgIpc) is 2.77. The lowest BCUT2D eigenvalue weighted by Gasteiger charge is -2.12. The third kappa shape index (κ3) is 3.81. The third-order valence-corrected chi connectivity index (χ3v) is 4.05. The maximum Gasteiger partial charge on any atom is 0.261 e. The number of Topliss-reactive ketones (excluding diaryl/α,β-unsaturated/α-hetero) is 1. The van der Waals surface area contributed by atoms with Gasteiger partial charge in [0.05, 0.1) is 11.1 Å². The minimum atomic E-state index is -0.281. The standard InChI is InChI=1S/C18H23NO3/c1-2-3-4-5-6-9-14(20)12-13-19-17(21)15-10-7-8-11-16(15)18(19)22/h7-8,10-11H,2-6,9,12-13H2,1H3. The van der Waals surface area contributed by atoms with E-state index in [1.54, 1.807) is 24.3 Å². The number of carbonyl (C=O) groups is 3. The lowest BCUT2D eigenvalue weighted by atomic mass is 10.1. The van der Waals surface area contributed by atoms with Crippen molar-refractivity contribution >= 4 is 17.6 Å². The second-order valence-corrected chi connectivity index (χ2v) is 5.76. The number of fused-ring (bicyclic) bond motifs is 1. The number of benzene rings is 1. The van der Waals surface area contributed by atoms with E-state index < -0.39 is 0 Å². The molecular weight excluding hydrogens is 278 g/mol. The van der Waals surface area contributed by atoms with Gasteiger partial charge in [0.2, 0.25) is 0 Å². The van der Waals surface area contributed by atoms with Gasteiger partial charge in [-0.2, -0.15) is 0 Å². The van der Waals surface area contributed by atoms with E-state index in [4.69, 9.17) is 0 Å². The molecule has 0 bridgehead atoms. The lowest BCUT2D eigenvalue weighted by molar-refractivity contribution is -0.119. The Morgan fingerprint density at radius 3 is 2.09 bits per heavy atom. The summed E-state index contributed by atoms with van der Waals surface area (Å²) in [5, 5.41) is 0. The maximum atomic E-state index is 12.1. The quantitative estimate of drug-likeness (QED) is 0.517. The highest BCUT2D eigenvalue weighted by atomic mass is 16.2. The van der Waals surface area contributed by atoms with Gasteiger partial charge in [0.15, 0.2) is 0 Å². The molecule has 2 rings (SSSR count). The molecule has 2 amide bonds. The number of hydrogen-bond donors (Lipinski definition) is 0. The van der Waals surface area contributed by atoms with Crippen molar-refractivity contribution in [2.75, 3.05) is 6.54 Å². The van der Waals surface area contributed by atoms with E-state index in [2.05, 4.69) is 6.92 Å². The van der Waals surface area contributed by atoms with E-state index in [9.17, 15) is 14.4 Å². The Hall–Kier alpha value is -1.97. The zero-order valence-corrected chi connectivity index (χ0v) is 13.1. The van der Waals surface area contributed by atoms with Gasteiger partial charge in [0, 0.05) is 19.4 Å². The summed E-state index contributed by atoms with van der Waals surface area (Å²) in [6, 6.07) is 6.81. The molecule has 118 valence electrons. The van der Waals surface area contributed by atoms with Crippen molar-refractivity contribution in [3.05, 3.63) is 35.4 Å². The smallest absolute Gasteiger partial charge is 0.261 e. The molecule has 4 heteroatoms. The van der Waals surface area contributed by atoms with Gasteiger partial charge in [-0.3, -0.25) is 19.3 Å². The molecule has 1 aliphatic heterocycles. The number of ketones is 1. The van der Waals surface area contributed by atoms with Crippen molar-refractivity contribution in [2.45, 2.75) is 51.9 Å². The van der Waals surface area contributed by atoms with Crippen LogP contribution in [-0.2, 0) is 4.79 Å². The number of nitrogens with zero attached hydrogens (tertiary/aromatic N) is 1. The zero-order valence-electron chi connectivity index (χ0n) is 13.1. The lowest BCUT2D eigenvalue weighted by Crippen LogP contribution is -2.31. The molecule has 0 N–H and O–H groups in total. The Bertz CT molecular complexity index is 530. The number of carbonyl (C=O) groups excluding carboxylic acids is 3. The summed E-state index contributed by atoms with van der Waals surface area (Å²) in [5.74, 6) is -0.430. The zero-order chi connectivity index (χ0) is 15.9. The minimum absolute atomic E-state index is 0.132. The minimum Gasteiger partial charge on any atom is -0.300 e. The van der Waals surface area contributed by atoms with Crippen LogP contribution in [0.5, 0.6) is 0 Å². The summed E-state index contributed by atoms with van der Waals surface area (Å²) in [5.41, 5.74) is 0.888. The molecular formula is C18H23NO3. The molecule has 0 saturated heterocycles. The van der Waals surface area contributed by atoms with Crippen LogP contribution in [0.3, 0.4) is 0 Å². The van der Waals surface area contributed by atoms with Crippen molar-refractivity contribution in [2.24, 2.45) is 0 Å². The fraction of sp³-hybridized carbons (Fsp3) is 0.500. The molecule has 1 aromatic carbocycles. The molecule has 0 atom stereocenters. The van der Waals surface area contributed by atoms with Crippen LogP contribution in [0.25, 0.3) is 0 Å². The number of imide groups is 1. The SMILES string of the molecule is CCCCCCCC(=O)CCN1C(=O)c2ccccc2C1=O. The van der Waals surface area contributed by atoms with Gasteiger partial charge in [-0.25, -0.2) is 0 Å². The van der Waals surface area contributed by atoms with E-state index in [-0.39, 0.29) is 30.6 Å². The van der Waals surface area contributed by atoms with Crippen LogP contribution in [0.4, 0.5) is 0 Å². The fourth-order valence-corrected chi connectivity index (χ4v) is 2.73. The first kappa shape index (κ1) is 16.4. The second kappa shape index (κ2) is 7.87. The molecule has 0 fully saturated rings. The molecule has 1 heterocycles. The van der Waals surface area contributed by atoms with E-state index in [0.29, 0.717) is 17.5 Å².